The number of thiocarbonyl (C=S) groups is 1. The number of hydrogen-bond acceptors (Lipinski definition) is 3. The molecule has 1 atom stereocenters. The summed E-state index contributed by atoms with van der Waals surface area (Å²) in [5.74, 6) is 0. The average molecular weight is 157 g/mol. The van der Waals surface area contributed by atoms with Crippen LogP contribution in [0.25, 0.3) is 0 Å². The molecule has 1 unspecified atom stereocenters. The van der Waals surface area contributed by atoms with Crippen LogP contribution in [0.1, 0.15) is 19.8 Å². The largest absolute Gasteiger partial charge is 0.379 e. The van der Waals surface area contributed by atoms with E-state index in [1.165, 1.54) is 0 Å². The van der Waals surface area contributed by atoms with Crippen LogP contribution in [0, 0.1) is 0 Å². The quantitative estimate of drug-likeness (QED) is 0.449. The number of isothiocyanates is 1. The normalized spacial score (nSPS) is 31.7. The second kappa shape index (κ2) is 3.24. The molecule has 10 heavy (non-hydrogen) atoms. The molecule has 1 saturated heterocycles. The topological polar surface area (TPSA) is 21.6 Å². The van der Waals surface area contributed by atoms with Crippen LogP contribution in [0.4, 0.5) is 0 Å². The predicted octanol–water partition coefficient (Wildman–Crippen LogP) is 1.66. The molecule has 1 aliphatic rings. The van der Waals surface area contributed by atoms with E-state index >= 15 is 0 Å². The number of rotatable bonds is 2. The van der Waals surface area contributed by atoms with Crippen LogP contribution in [0.2, 0.25) is 0 Å². The van der Waals surface area contributed by atoms with Gasteiger partial charge >= 0.3 is 0 Å². The van der Waals surface area contributed by atoms with Crippen molar-refractivity contribution >= 4 is 17.4 Å². The number of hydrogen-bond donors (Lipinski definition) is 0. The summed E-state index contributed by atoms with van der Waals surface area (Å²) in [6, 6.07) is 0. The molecule has 0 aromatic rings. The molecular formula is C7H11NOS. The number of nitrogens with zero attached hydrogens (tertiary/aromatic N) is 1. The Hall–Kier alpha value is -0.240. The van der Waals surface area contributed by atoms with Crippen LogP contribution >= 0.6 is 12.2 Å². The van der Waals surface area contributed by atoms with Crippen LogP contribution in [0.15, 0.2) is 4.99 Å². The second-order valence-electron chi connectivity index (χ2n) is 2.58. The fourth-order valence-electron chi connectivity index (χ4n) is 1.14. The summed E-state index contributed by atoms with van der Waals surface area (Å²) >= 11 is 4.55. The SMILES string of the molecule is CCC1(N=C=S)CCOC1. The summed E-state index contributed by atoms with van der Waals surface area (Å²) < 4.78 is 5.22. The molecule has 0 aliphatic carbocycles. The molecular weight excluding hydrogens is 146 g/mol. The van der Waals surface area contributed by atoms with Gasteiger partial charge in [0.2, 0.25) is 0 Å². The highest BCUT2D eigenvalue weighted by Crippen LogP contribution is 2.25. The Morgan fingerprint density at radius 2 is 2.60 bits per heavy atom. The first-order valence-electron chi connectivity index (χ1n) is 3.50. The maximum atomic E-state index is 5.22. The minimum absolute atomic E-state index is 0.0260. The van der Waals surface area contributed by atoms with Crippen LogP contribution in [-0.4, -0.2) is 23.9 Å². The summed E-state index contributed by atoms with van der Waals surface area (Å²) in [5.41, 5.74) is -0.0260. The number of ether oxygens (including phenoxy) is 1. The van der Waals surface area contributed by atoms with Gasteiger partial charge in [-0.1, -0.05) is 6.92 Å². The Morgan fingerprint density at radius 3 is 3.00 bits per heavy atom. The molecule has 1 heterocycles. The average Bonchev–Trinajstić information content (AvgIpc) is 2.39. The molecule has 0 bridgehead atoms. The van der Waals surface area contributed by atoms with Crippen molar-refractivity contribution in [3.05, 3.63) is 0 Å². The lowest BCUT2D eigenvalue weighted by atomic mass is 9.97. The van der Waals surface area contributed by atoms with Crippen molar-refractivity contribution in [2.24, 2.45) is 4.99 Å². The van der Waals surface area contributed by atoms with Gasteiger partial charge in [-0.2, -0.15) is 0 Å². The van der Waals surface area contributed by atoms with Gasteiger partial charge in [0, 0.05) is 6.61 Å². The molecule has 0 spiro atoms. The van der Waals surface area contributed by atoms with E-state index in [1.807, 2.05) is 0 Å². The van der Waals surface area contributed by atoms with Gasteiger partial charge in [-0.05, 0) is 25.1 Å². The molecule has 3 heteroatoms. The van der Waals surface area contributed by atoms with Gasteiger partial charge in [-0.25, -0.2) is 4.99 Å². The highest BCUT2D eigenvalue weighted by atomic mass is 32.1. The van der Waals surface area contributed by atoms with Crippen molar-refractivity contribution in [3.63, 3.8) is 0 Å². The van der Waals surface area contributed by atoms with Crippen molar-refractivity contribution in [3.8, 4) is 0 Å². The monoisotopic (exact) mass is 157 g/mol. The molecule has 0 N–H and O–H groups in total. The second-order valence-corrected chi connectivity index (χ2v) is 2.77. The van der Waals surface area contributed by atoms with Crippen LogP contribution in [-0.2, 0) is 4.74 Å². The highest BCUT2D eigenvalue weighted by molar-refractivity contribution is 7.78. The lowest BCUT2D eigenvalue weighted by Gasteiger charge is -2.17. The van der Waals surface area contributed by atoms with E-state index in [1.54, 1.807) is 0 Å². The summed E-state index contributed by atoms with van der Waals surface area (Å²) in [4.78, 5) is 4.11. The first kappa shape index (κ1) is 7.86. The van der Waals surface area contributed by atoms with Gasteiger partial charge in [-0.3, -0.25) is 0 Å². The van der Waals surface area contributed by atoms with Crippen molar-refractivity contribution in [1.29, 1.82) is 0 Å². The van der Waals surface area contributed by atoms with E-state index in [0.717, 1.165) is 19.4 Å². The van der Waals surface area contributed by atoms with E-state index < -0.39 is 0 Å². The van der Waals surface area contributed by atoms with E-state index in [-0.39, 0.29) is 5.54 Å². The Balaban J connectivity index is 2.66. The summed E-state index contributed by atoms with van der Waals surface area (Å²) in [6.07, 6.45) is 1.99. The van der Waals surface area contributed by atoms with Crippen LogP contribution in [0.3, 0.4) is 0 Å². The molecule has 0 aromatic heterocycles. The van der Waals surface area contributed by atoms with E-state index in [2.05, 4.69) is 29.3 Å². The van der Waals surface area contributed by atoms with Gasteiger partial charge < -0.3 is 4.74 Å². The van der Waals surface area contributed by atoms with Crippen LogP contribution < -0.4 is 0 Å². The molecule has 56 valence electrons. The lowest BCUT2D eigenvalue weighted by Crippen LogP contribution is -2.24. The zero-order valence-corrected chi connectivity index (χ0v) is 6.91. The third-order valence-corrected chi connectivity index (χ3v) is 2.11. The summed E-state index contributed by atoms with van der Waals surface area (Å²) in [7, 11) is 0. The number of aliphatic imine (C=N–C) groups is 1. The molecule has 0 radical (unpaired) electrons. The van der Waals surface area contributed by atoms with Crippen molar-refractivity contribution in [2.45, 2.75) is 25.3 Å². The fourth-order valence-corrected chi connectivity index (χ4v) is 1.33. The summed E-state index contributed by atoms with van der Waals surface area (Å²) in [5, 5.41) is 2.43. The van der Waals surface area contributed by atoms with Gasteiger partial charge in [0.05, 0.1) is 17.3 Å². The molecule has 1 aliphatic heterocycles. The van der Waals surface area contributed by atoms with E-state index in [4.69, 9.17) is 4.74 Å². The first-order chi connectivity index (χ1) is 4.83. The molecule has 2 nitrogen and oxygen atoms in total. The summed E-state index contributed by atoms with van der Waals surface area (Å²) in [6.45, 7) is 3.63. The smallest absolute Gasteiger partial charge is 0.0962 e. The van der Waals surface area contributed by atoms with Gasteiger partial charge in [-0.15, -0.1) is 0 Å². The maximum absolute atomic E-state index is 5.22. The van der Waals surface area contributed by atoms with Crippen molar-refractivity contribution in [1.82, 2.24) is 0 Å². The standard InChI is InChI=1S/C7H11NOS/c1-2-7(8-6-10)3-4-9-5-7/h2-5H2,1H3. The van der Waals surface area contributed by atoms with Crippen LogP contribution in [0.5, 0.6) is 0 Å². The molecule has 1 rings (SSSR count). The third kappa shape index (κ3) is 1.43. The molecule has 1 fully saturated rings. The molecule has 0 saturated carbocycles. The van der Waals surface area contributed by atoms with E-state index in [9.17, 15) is 0 Å². The van der Waals surface area contributed by atoms with Gasteiger partial charge in [0.25, 0.3) is 0 Å². The minimum Gasteiger partial charge on any atom is -0.379 e. The highest BCUT2D eigenvalue weighted by Gasteiger charge is 2.32. The Labute approximate surface area is 66.3 Å². The minimum atomic E-state index is -0.0260. The zero-order valence-electron chi connectivity index (χ0n) is 6.09. The Bertz CT molecular complexity index is 157. The zero-order chi connectivity index (χ0) is 7.45. The van der Waals surface area contributed by atoms with E-state index in [0.29, 0.717) is 6.61 Å². The Morgan fingerprint density at radius 1 is 1.80 bits per heavy atom. The van der Waals surface area contributed by atoms with Gasteiger partial charge in [0.15, 0.2) is 0 Å². The van der Waals surface area contributed by atoms with Gasteiger partial charge in [0.1, 0.15) is 0 Å². The van der Waals surface area contributed by atoms with Crippen molar-refractivity contribution < 1.29 is 4.74 Å². The predicted molar refractivity (Wildman–Crippen MR) is 43.5 cm³/mol. The third-order valence-electron chi connectivity index (χ3n) is 2.02. The molecule has 0 aromatic carbocycles. The Kier molecular flexibility index (Phi) is 2.55. The molecule has 0 amide bonds. The van der Waals surface area contributed by atoms with Crippen molar-refractivity contribution in [2.75, 3.05) is 13.2 Å². The first-order valence-corrected chi connectivity index (χ1v) is 3.90. The maximum Gasteiger partial charge on any atom is 0.0962 e. The lowest BCUT2D eigenvalue weighted by molar-refractivity contribution is 0.178. The fraction of sp³-hybridized carbons (Fsp3) is 0.857.